The summed E-state index contributed by atoms with van der Waals surface area (Å²) in [7, 11) is 0. The van der Waals surface area contributed by atoms with Crippen LogP contribution >= 0.6 is 38.1 Å². The Morgan fingerprint density at radius 3 is 1.12 bits per heavy atom. The van der Waals surface area contributed by atoms with E-state index < -0.39 is 13.6 Å². The number of imide groups is 1. The third-order valence-electron chi connectivity index (χ3n) is 0.858. The summed E-state index contributed by atoms with van der Waals surface area (Å²) in [6.07, 6.45) is 0.748. The second-order valence-electron chi connectivity index (χ2n) is 2.50. The van der Waals surface area contributed by atoms with E-state index in [2.05, 4.69) is 29.8 Å². The van der Waals surface area contributed by atoms with Gasteiger partial charge in [0.25, 0.3) is 0 Å². The molecule has 0 atom stereocenters. The molecular formula is C4H11NO8P2S2. The summed E-state index contributed by atoms with van der Waals surface area (Å²) in [5.74, 6) is -0.296. The number of carbonyl (C=O) groups excluding carboxylic acids is 2. The fourth-order valence-corrected chi connectivity index (χ4v) is 0.508. The van der Waals surface area contributed by atoms with Crippen molar-refractivity contribution < 1.29 is 38.3 Å². The third-order valence-corrected chi connectivity index (χ3v) is 0.858. The van der Waals surface area contributed by atoms with Crippen molar-refractivity contribution in [3.8, 4) is 0 Å². The van der Waals surface area contributed by atoms with Crippen molar-refractivity contribution in [2.24, 2.45) is 0 Å². The van der Waals surface area contributed by atoms with Gasteiger partial charge in [-0.25, -0.2) is 9.13 Å². The van der Waals surface area contributed by atoms with Gasteiger partial charge in [-0.05, 0) is 0 Å². The minimum absolute atomic E-state index is 0.148. The normalized spacial score (nSPS) is 15.2. The lowest BCUT2D eigenvalue weighted by atomic mass is 10.4. The molecule has 0 aromatic heterocycles. The number of nitrogens with one attached hydrogen (secondary N) is 1. The highest BCUT2D eigenvalue weighted by atomic mass is 32.7. The van der Waals surface area contributed by atoms with Crippen LogP contribution in [-0.4, -0.2) is 31.4 Å². The molecule has 13 heteroatoms. The molecule has 1 heterocycles. The molecule has 0 radical (unpaired) electrons. The maximum atomic E-state index is 10.1. The number of hydrogen-bond acceptors (Lipinski definition) is 4. The molecule has 0 unspecified atom stereocenters. The lowest BCUT2D eigenvalue weighted by molar-refractivity contribution is -0.124. The molecule has 102 valence electrons. The summed E-state index contributed by atoms with van der Waals surface area (Å²) in [6.45, 7) is -7.89. The number of rotatable bonds is 0. The average molecular weight is 327 g/mol. The van der Waals surface area contributed by atoms with Gasteiger partial charge in [-0.2, -0.15) is 0 Å². The van der Waals surface area contributed by atoms with Crippen LogP contribution in [0.25, 0.3) is 0 Å². The SMILES string of the molecule is O=C1CCC(=O)N1.O=P(O)(O)S.O=P(O)(O)S. The van der Waals surface area contributed by atoms with Crippen molar-refractivity contribution >= 4 is 49.9 Å². The van der Waals surface area contributed by atoms with Crippen LogP contribution in [0.2, 0.25) is 0 Å². The number of carbonyl (C=O) groups is 2. The van der Waals surface area contributed by atoms with E-state index in [9.17, 15) is 18.7 Å². The smallest absolute Gasteiger partial charge is 0.317 e. The zero-order valence-electron chi connectivity index (χ0n) is 8.12. The van der Waals surface area contributed by atoms with E-state index in [1.54, 1.807) is 0 Å². The van der Waals surface area contributed by atoms with Gasteiger partial charge in [0.15, 0.2) is 0 Å². The highest BCUT2D eigenvalue weighted by molar-refractivity contribution is 8.44. The standard InChI is InChI=1S/C4H5NO2.2H3O3PS/c6-3-1-2-4(7)5-3;2*1-4(2,3)5/h1-2H2,(H,5,6,7);2*(H3,1,2,3,5). The van der Waals surface area contributed by atoms with Gasteiger partial charge < -0.3 is 19.6 Å². The van der Waals surface area contributed by atoms with Gasteiger partial charge >= 0.3 is 13.6 Å². The van der Waals surface area contributed by atoms with Crippen LogP contribution in [0.15, 0.2) is 0 Å². The minimum Gasteiger partial charge on any atom is -0.317 e. The lowest BCUT2D eigenvalue weighted by Crippen LogP contribution is -2.18. The van der Waals surface area contributed by atoms with Gasteiger partial charge in [-0.3, -0.25) is 14.9 Å². The summed E-state index contributed by atoms with van der Waals surface area (Å²) >= 11 is 5.58. The zero-order valence-corrected chi connectivity index (χ0v) is 11.7. The molecule has 1 aliphatic heterocycles. The highest BCUT2D eigenvalue weighted by Crippen LogP contribution is 2.39. The molecule has 5 N–H and O–H groups in total. The minimum atomic E-state index is -3.94. The quantitative estimate of drug-likeness (QED) is 0.177. The average Bonchev–Trinajstić information content (AvgIpc) is 2.26. The van der Waals surface area contributed by atoms with E-state index in [0.717, 1.165) is 0 Å². The van der Waals surface area contributed by atoms with E-state index in [0.29, 0.717) is 12.8 Å². The first kappa shape index (κ1) is 19.5. The molecule has 0 aromatic rings. The Balaban J connectivity index is 0. The second-order valence-corrected chi connectivity index (χ2v) is 7.68. The molecule has 0 aliphatic carbocycles. The largest absolute Gasteiger partial charge is 0.380 e. The van der Waals surface area contributed by atoms with Crippen molar-refractivity contribution in [1.29, 1.82) is 0 Å². The van der Waals surface area contributed by atoms with Gasteiger partial charge in [0.2, 0.25) is 11.8 Å². The molecule has 1 saturated heterocycles. The van der Waals surface area contributed by atoms with Crippen molar-refractivity contribution in [3.05, 3.63) is 0 Å². The van der Waals surface area contributed by atoms with Crippen LogP contribution in [-0.2, 0) is 18.7 Å². The molecule has 0 spiro atoms. The van der Waals surface area contributed by atoms with Crippen LogP contribution in [0.1, 0.15) is 12.8 Å². The van der Waals surface area contributed by atoms with Crippen molar-refractivity contribution in [1.82, 2.24) is 5.32 Å². The maximum Gasteiger partial charge on any atom is 0.380 e. The van der Waals surface area contributed by atoms with Crippen LogP contribution in [0.5, 0.6) is 0 Å². The van der Waals surface area contributed by atoms with Crippen molar-refractivity contribution in [2.75, 3.05) is 0 Å². The summed E-state index contributed by atoms with van der Waals surface area (Å²) < 4.78 is 18.4. The molecule has 0 aromatic carbocycles. The molecule has 9 nitrogen and oxygen atoms in total. The van der Waals surface area contributed by atoms with E-state index in [-0.39, 0.29) is 11.8 Å². The number of thiol groups is 2. The van der Waals surface area contributed by atoms with Crippen molar-refractivity contribution in [2.45, 2.75) is 12.8 Å². The van der Waals surface area contributed by atoms with Crippen LogP contribution in [0.3, 0.4) is 0 Å². The van der Waals surface area contributed by atoms with Gasteiger partial charge in [-0.1, -0.05) is 24.5 Å². The van der Waals surface area contributed by atoms with Gasteiger partial charge in [0.1, 0.15) is 0 Å². The topological polar surface area (TPSA) is 161 Å². The molecule has 17 heavy (non-hydrogen) atoms. The Morgan fingerprint density at radius 1 is 0.882 bits per heavy atom. The second kappa shape index (κ2) is 8.28. The number of amides is 2. The van der Waals surface area contributed by atoms with Crippen LogP contribution in [0.4, 0.5) is 0 Å². The Bertz CT molecular complexity index is 310. The first-order valence-electron chi connectivity index (χ1n) is 3.68. The molecule has 0 bridgehead atoms. The molecule has 2 amide bonds. The predicted octanol–water partition coefficient (Wildman–Crippen LogP) is -0.559. The van der Waals surface area contributed by atoms with Crippen LogP contribution in [0, 0.1) is 0 Å². The Morgan fingerprint density at radius 2 is 1.06 bits per heavy atom. The molecular weight excluding hydrogens is 316 g/mol. The van der Waals surface area contributed by atoms with Gasteiger partial charge in [0.05, 0.1) is 0 Å². The Kier molecular flexibility index (Phi) is 9.49. The maximum absolute atomic E-state index is 10.1. The molecule has 0 saturated carbocycles. The fraction of sp³-hybridized carbons (Fsp3) is 0.500. The molecule has 1 rings (SSSR count). The van der Waals surface area contributed by atoms with E-state index >= 15 is 0 Å². The van der Waals surface area contributed by atoms with Crippen molar-refractivity contribution in [3.63, 3.8) is 0 Å². The highest BCUT2D eigenvalue weighted by Gasteiger charge is 2.15. The van der Waals surface area contributed by atoms with Gasteiger partial charge in [0, 0.05) is 12.8 Å². The lowest BCUT2D eigenvalue weighted by Gasteiger charge is -1.83. The fourth-order valence-electron chi connectivity index (χ4n) is 0.508. The number of hydrogen-bond donors (Lipinski definition) is 7. The predicted molar refractivity (Wildman–Crippen MR) is 64.4 cm³/mol. The Hall–Kier alpha value is 0.140. The summed E-state index contributed by atoms with van der Waals surface area (Å²) in [5.41, 5.74) is 0. The summed E-state index contributed by atoms with van der Waals surface area (Å²) in [5, 5.41) is 2.14. The van der Waals surface area contributed by atoms with Crippen LogP contribution < -0.4 is 5.32 Å². The van der Waals surface area contributed by atoms with E-state index in [1.165, 1.54) is 0 Å². The molecule has 1 aliphatic rings. The molecule has 1 fully saturated rings. The monoisotopic (exact) mass is 327 g/mol. The van der Waals surface area contributed by atoms with E-state index in [1.807, 2.05) is 0 Å². The zero-order chi connectivity index (χ0) is 14.3. The van der Waals surface area contributed by atoms with Gasteiger partial charge in [-0.15, -0.1) is 0 Å². The summed E-state index contributed by atoms with van der Waals surface area (Å²) in [4.78, 5) is 50.2. The first-order chi connectivity index (χ1) is 7.29. The third kappa shape index (κ3) is 38.6. The first-order valence-corrected chi connectivity index (χ1v) is 9.21. The van der Waals surface area contributed by atoms with E-state index in [4.69, 9.17) is 19.6 Å². The Labute approximate surface area is 107 Å². The summed E-state index contributed by atoms with van der Waals surface area (Å²) in [6, 6.07) is 0.